The van der Waals surface area contributed by atoms with Crippen LogP contribution in [0.5, 0.6) is 0 Å². The number of aryl methyl sites for hydroxylation is 2. The Morgan fingerprint density at radius 1 is 1.37 bits per heavy atom. The summed E-state index contributed by atoms with van der Waals surface area (Å²) in [7, 11) is 0. The predicted octanol–water partition coefficient (Wildman–Crippen LogP) is 3.37. The first-order valence-corrected chi connectivity index (χ1v) is 5.90. The summed E-state index contributed by atoms with van der Waals surface area (Å²) in [5.74, 6) is 1.29. The van der Waals surface area contributed by atoms with Gasteiger partial charge in [0.25, 0.3) is 5.69 Å². The van der Waals surface area contributed by atoms with Crippen molar-refractivity contribution in [2.45, 2.75) is 26.8 Å². The molecule has 0 saturated heterocycles. The van der Waals surface area contributed by atoms with Crippen molar-refractivity contribution in [1.82, 2.24) is 4.98 Å². The number of nitro groups is 1. The zero-order chi connectivity index (χ0) is 14.0. The van der Waals surface area contributed by atoms with Crippen molar-refractivity contribution in [1.29, 1.82) is 0 Å². The van der Waals surface area contributed by atoms with E-state index in [9.17, 15) is 10.1 Å². The van der Waals surface area contributed by atoms with Gasteiger partial charge in [0.05, 0.1) is 11.1 Å². The van der Waals surface area contributed by atoms with Gasteiger partial charge < -0.3 is 9.73 Å². The van der Waals surface area contributed by atoms with E-state index in [1.807, 2.05) is 26.8 Å². The van der Waals surface area contributed by atoms with Gasteiger partial charge in [0.1, 0.15) is 11.8 Å². The fourth-order valence-electron chi connectivity index (χ4n) is 1.84. The number of benzene rings is 1. The lowest BCUT2D eigenvalue weighted by molar-refractivity contribution is -0.384. The number of hydrogen-bond donors (Lipinski definition) is 1. The van der Waals surface area contributed by atoms with Crippen LogP contribution in [0.3, 0.4) is 0 Å². The van der Waals surface area contributed by atoms with E-state index >= 15 is 0 Å². The van der Waals surface area contributed by atoms with Gasteiger partial charge in [0.15, 0.2) is 0 Å². The highest BCUT2D eigenvalue weighted by molar-refractivity contribution is 5.54. The average Bonchev–Trinajstić information content (AvgIpc) is 2.75. The van der Waals surface area contributed by atoms with Crippen molar-refractivity contribution in [2.75, 3.05) is 5.32 Å². The third kappa shape index (κ3) is 3.09. The van der Waals surface area contributed by atoms with E-state index in [-0.39, 0.29) is 11.7 Å². The largest absolute Gasteiger partial charge is 0.444 e. The molecule has 0 fully saturated rings. The van der Waals surface area contributed by atoms with Gasteiger partial charge in [-0.3, -0.25) is 10.1 Å². The molecule has 1 heterocycles. The van der Waals surface area contributed by atoms with Gasteiger partial charge in [-0.1, -0.05) is 0 Å². The zero-order valence-corrected chi connectivity index (χ0v) is 11.0. The fraction of sp³-hybridized carbons (Fsp3) is 0.308. The van der Waals surface area contributed by atoms with Crippen molar-refractivity contribution in [3.8, 4) is 0 Å². The predicted molar refractivity (Wildman–Crippen MR) is 71.1 cm³/mol. The molecule has 6 nitrogen and oxygen atoms in total. The lowest BCUT2D eigenvalue weighted by Crippen LogP contribution is -2.07. The molecule has 2 rings (SSSR count). The van der Waals surface area contributed by atoms with Gasteiger partial charge in [-0.25, -0.2) is 4.98 Å². The van der Waals surface area contributed by atoms with Crippen LogP contribution in [0.2, 0.25) is 0 Å². The molecule has 0 aliphatic carbocycles. The topological polar surface area (TPSA) is 81.2 Å². The van der Waals surface area contributed by atoms with Gasteiger partial charge in [-0.05, 0) is 32.4 Å². The molecular weight excluding hydrogens is 246 g/mol. The quantitative estimate of drug-likeness (QED) is 0.674. The maximum atomic E-state index is 10.8. The highest BCUT2D eigenvalue weighted by atomic mass is 16.6. The van der Waals surface area contributed by atoms with Crippen molar-refractivity contribution in [2.24, 2.45) is 0 Å². The molecule has 1 aromatic heterocycles. The second-order valence-electron chi connectivity index (χ2n) is 4.49. The van der Waals surface area contributed by atoms with Crippen molar-refractivity contribution >= 4 is 11.4 Å². The number of hydrogen-bond acceptors (Lipinski definition) is 5. The molecular formula is C13H15N3O3. The molecule has 0 saturated carbocycles. The second kappa shape index (κ2) is 5.09. The third-order valence-corrected chi connectivity index (χ3v) is 2.67. The normalized spacial score (nSPS) is 12.2. The van der Waals surface area contributed by atoms with Crippen LogP contribution < -0.4 is 5.32 Å². The van der Waals surface area contributed by atoms with Crippen LogP contribution in [-0.4, -0.2) is 9.91 Å². The van der Waals surface area contributed by atoms with E-state index in [2.05, 4.69) is 10.3 Å². The lowest BCUT2D eigenvalue weighted by Gasteiger charge is -2.12. The average molecular weight is 261 g/mol. The van der Waals surface area contributed by atoms with E-state index in [0.29, 0.717) is 11.6 Å². The van der Waals surface area contributed by atoms with Crippen molar-refractivity contribution < 1.29 is 9.34 Å². The molecule has 1 atom stereocenters. The number of nitrogens with one attached hydrogen (secondary N) is 1. The SMILES string of the molecule is Cc1cc(NC(C)c2ncc(C)o2)cc([N+](=O)[O-])c1. The summed E-state index contributed by atoms with van der Waals surface area (Å²) in [5, 5.41) is 14.0. The summed E-state index contributed by atoms with van der Waals surface area (Å²) in [6.45, 7) is 5.53. The monoisotopic (exact) mass is 261 g/mol. The first kappa shape index (κ1) is 13.1. The summed E-state index contributed by atoms with van der Waals surface area (Å²) in [4.78, 5) is 14.5. The highest BCUT2D eigenvalue weighted by Gasteiger charge is 2.13. The summed E-state index contributed by atoms with van der Waals surface area (Å²) in [5.41, 5.74) is 1.57. The van der Waals surface area contributed by atoms with Crippen LogP contribution in [0.15, 0.2) is 28.8 Å². The van der Waals surface area contributed by atoms with Crippen LogP contribution >= 0.6 is 0 Å². The van der Waals surface area contributed by atoms with Gasteiger partial charge >= 0.3 is 0 Å². The summed E-state index contributed by atoms with van der Waals surface area (Å²) >= 11 is 0. The number of nitro benzene ring substituents is 1. The summed E-state index contributed by atoms with van der Waals surface area (Å²) < 4.78 is 5.42. The Labute approximate surface area is 110 Å². The molecule has 2 aromatic rings. The molecule has 1 aromatic carbocycles. The van der Waals surface area contributed by atoms with Crippen LogP contribution in [0.4, 0.5) is 11.4 Å². The standard InChI is InChI=1S/C13H15N3O3/c1-8-4-11(6-12(5-8)16(17)18)15-10(3)13-14-7-9(2)19-13/h4-7,10,15H,1-3H3. The van der Waals surface area contributed by atoms with Gasteiger partial charge in [-0.2, -0.15) is 0 Å². The number of rotatable bonds is 4. The fourth-order valence-corrected chi connectivity index (χ4v) is 1.84. The minimum absolute atomic E-state index is 0.0679. The van der Waals surface area contributed by atoms with Crippen molar-refractivity contribution in [3.05, 3.63) is 51.7 Å². The van der Waals surface area contributed by atoms with Gasteiger partial charge in [-0.15, -0.1) is 0 Å². The Morgan fingerprint density at radius 3 is 2.68 bits per heavy atom. The maximum Gasteiger partial charge on any atom is 0.271 e. The Hall–Kier alpha value is -2.37. The molecule has 19 heavy (non-hydrogen) atoms. The van der Waals surface area contributed by atoms with Crippen molar-refractivity contribution in [3.63, 3.8) is 0 Å². The Bertz CT molecular complexity index is 607. The highest BCUT2D eigenvalue weighted by Crippen LogP contribution is 2.24. The smallest absolute Gasteiger partial charge is 0.271 e. The summed E-state index contributed by atoms with van der Waals surface area (Å²) in [6.07, 6.45) is 1.65. The molecule has 0 amide bonds. The number of nitrogens with zero attached hydrogens (tertiary/aromatic N) is 2. The lowest BCUT2D eigenvalue weighted by atomic mass is 10.2. The number of oxazole rings is 1. The first-order valence-electron chi connectivity index (χ1n) is 5.90. The molecule has 0 spiro atoms. The zero-order valence-electron chi connectivity index (χ0n) is 11.0. The van der Waals surface area contributed by atoms with Gasteiger partial charge in [0.2, 0.25) is 5.89 Å². The van der Waals surface area contributed by atoms with Crippen LogP contribution in [0.25, 0.3) is 0 Å². The molecule has 1 unspecified atom stereocenters. The minimum Gasteiger partial charge on any atom is -0.444 e. The molecule has 100 valence electrons. The number of non-ortho nitro benzene ring substituents is 1. The molecule has 1 N–H and O–H groups in total. The van der Waals surface area contributed by atoms with E-state index < -0.39 is 4.92 Å². The van der Waals surface area contributed by atoms with E-state index in [1.54, 1.807) is 6.20 Å². The molecule has 6 heteroatoms. The van der Waals surface area contributed by atoms with E-state index in [1.165, 1.54) is 12.1 Å². The first-order chi connectivity index (χ1) is 8.95. The molecule has 0 bridgehead atoms. The van der Waals surface area contributed by atoms with Crippen LogP contribution in [0, 0.1) is 24.0 Å². The van der Waals surface area contributed by atoms with E-state index in [0.717, 1.165) is 11.3 Å². The maximum absolute atomic E-state index is 10.8. The molecule has 0 aliphatic heterocycles. The minimum atomic E-state index is -0.405. The van der Waals surface area contributed by atoms with Crippen LogP contribution in [-0.2, 0) is 0 Å². The Kier molecular flexibility index (Phi) is 3.50. The Morgan fingerprint density at radius 2 is 2.11 bits per heavy atom. The molecule has 0 aliphatic rings. The molecule has 0 radical (unpaired) electrons. The second-order valence-corrected chi connectivity index (χ2v) is 4.49. The number of aromatic nitrogens is 1. The number of anilines is 1. The van der Waals surface area contributed by atoms with Gasteiger partial charge in [0, 0.05) is 17.8 Å². The third-order valence-electron chi connectivity index (χ3n) is 2.67. The van der Waals surface area contributed by atoms with E-state index in [4.69, 9.17) is 4.42 Å². The Balaban J connectivity index is 2.21. The van der Waals surface area contributed by atoms with Crippen LogP contribution in [0.1, 0.15) is 30.2 Å². The summed E-state index contributed by atoms with van der Waals surface area (Å²) in [6, 6.07) is 4.72.